The predicted octanol–water partition coefficient (Wildman–Crippen LogP) is 1.65. The van der Waals surface area contributed by atoms with Crippen molar-refractivity contribution >= 4 is 17.2 Å². The highest BCUT2D eigenvalue weighted by Crippen LogP contribution is 2.06. The van der Waals surface area contributed by atoms with Gasteiger partial charge in [-0.3, -0.25) is 4.79 Å². The molecule has 3 aromatic rings. The number of thiazole rings is 1. The van der Waals surface area contributed by atoms with Crippen LogP contribution in [0.15, 0.2) is 48.2 Å². The van der Waals surface area contributed by atoms with Crippen LogP contribution in [0.2, 0.25) is 0 Å². The van der Waals surface area contributed by atoms with Crippen molar-refractivity contribution in [3.8, 4) is 5.69 Å². The van der Waals surface area contributed by atoms with E-state index in [4.69, 9.17) is 0 Å². The van der Waals surface area contributed by atoms with Crippen LogP contribution in [0.3, 0.4) is 0 Å². The second kappa shape index (κ2) is 5.62. The Morgan fingerprint density at radius 2 is 2.10 bits per heavy atom. The van der Waals surface area contributed by atoms with E-state index in [0.29, 0.717) is 6.54 Å². The molecule has 20 heavy (non-hydrogen) atoms. The van der Waals surface area contributed by atoms with Crippen molar-refractivity contribution < 1.29 is 4.79 Å². The molecule has 0 aliphatic carbocycles. The number of rotatable bonds is 4. The van der Waals surface area contributed by atoms with E-state index in [9.17, 15) is 4.79 Å². The molecule has 3 rings (SSSR count). The van der Waals surface area contributed by atoms with Crippen molar-refractivity contribution in [2.75, 3.05) is 0 Å². The van der Waals surface area contributed by atoms with Gasteiger partial charge in [0.2, 0.25) is 5.82 Å². The molecule has 0 saturated carbocycles. The summed E-state index contributed by atoms with van der Waals surface area (Å²) in [4.78, 5) is 20.0. The van der Waals surface area contributed by atoms with E-state index in [1.165, 1.54) is 17.7 Å². The molecule has 7 heteroatoms. The van der Waals surface area contributed by atoms with Crippen LogP contribution >= 0.6 is 11.3 Å². The molecule has 0 bridgehead atoms. The number of nitrogens with one attached hydrogen (secondary N) is 1. The van der Waals surface area contributed by atoms with Gasteiger partial charge in [-0.15, -0.1) is 16.4 Å². The summed E-state index contributed by atoms with van der Waals surface area (Å²) in [7, 11) is 0. The summed E-state index contributed by atoms with van der Waals surface area (Å²) >= 11 is 1.49. The maximum absolute atomic E-state index is 11.9. The lowest BCUT2D eigenvalue weighted by Crippen LogP contribution is -2.24. The molecule has 0 spiro atoms. The highest BCUT2D eigenvalue weighted by molar-refractivity contribution is 7.09. The molecule has 1 amide bonds. The van der Waals surface area contributed by atoms with Gasteiger partial charge >= 0.3 is 0 Å². The third-order valence-electron chi connectivity index (χ3n) is 2.60. The molecule has 0 aliphatic rings. The highest BCUT2D eigenvalue weighted by atomic mass is 32.1. The summed E-state index contributed by atoms with van der Waals surface area (Å²) < 4.78 is 1.57. The van der Waals surface area contributed by atoms with E-state index in [2.05, 4.69) is 20.4 Å². The summed E-state index contributed by atoms with van der Waals surface area (Å²) in [6, 6.07) is 9.51. The number of nitrogens with zero attached hydrogens (tertiary/aromatic N) is 4. The zero-order chi connectivity index (χ0) is 13.8. The van der Waals surface area contributed by atoms with Crippen molar-refractivity contribution in [1.29, 1.82) is 0 Å². The summed E-state index contributed by atoms with van der Waals surface area (Å²) in [5, 5.41) is 9.61. The quantitative estimate of drug-likeness (QED) is 0.791. The van der Waals surface area contributed by atoms with Gasteiger partial charge in [0.15, 0.2) is 0 Å². The average molecular weight is 285 g/mol. The number of para-hydroxylation sites is 1. The fraction of sp³-hybridized carbons (Fsp3) is 0.0769. The predicted molar refractivity (Wildman–Crippen MR) is 74.6 cm³/mol. The third-order valence-corrected chi connectivity index (χ3v) is 3.38. The van der Waals surface area contributed by atoms with Crippen LogP contribution in [0.4, 0.5) is 0 Å². The van der Waals surface area contributed by atoms with Crippen LogP contribution in [0.25, 0.3) is 5.69 Å². The van der Waals surface area contributed by atoms with Crippen LogP contribution in [0.5, 0.6) is 0 Å². The number of hydrogen-bond acceptors (Lipinski definition) is 5. The molecule has 0 aliphatic heterocycles. The van der Waals surface area contributed by atoms with Gasteiger partial charge in [-0.25, -0.2) is 14.6 Å². The number of aromatic nitrogens is 4. The Balaban J connectivity index is 1.69. The van der Waals surface area contributed by atoms with Crippen molar-refractivity contribution in [1.82, 2.24) is 25.1 Å². The monoisotopic (exact) mass is 285 g/mol. The van der Waals surface area contributed by atoms with Gasteiger partial charge in [0.25, 0.3) is 5.91 Å². The third kappa shape index (κ3) is 2.72. The molecule has 6 nitrogen and oxygen atoms in total. The van der Waals surface area contributed by atoms with Crippen molar-refractivity contribution in [3.63, 3.8) is 0 Å². The normalized spacial score (nSPS) is 10.4. The minimum Gasteiger partial charge on any atom is -0.343 e. The highest BCUT2D eigenvalue weighted by Gasteiger charge is 2.12. The Kier molecular flexibility index (Phi) is 3.51. The van der Waals surface area contributed by atoms with Gasteiger partial charge < -0.3 is 5.32 Å². The number of hydrogen-bond donors (Lipinski definition) is 1. The molecule has 0 saturated heterocycles. The lowest BCUT2D eigenvalue weighted by Gasteiger charge is -1.99. The molecule has 2 heterocycles. The zero-order valence-corrected chi connectivity index (χ0v) is 11.2. The van der Waals surface area contributed by atoms with Crippen molar-refractivity contribution in [2.24, 2.45) is 0 Å². The largest absolute Gasteiger partial charge is 0.343 e. The Morgan fingerprint density at radius 3 is 2.85 bits per heavy atom. The fourth-order valence-corrected chi connectivity index (χ4v) is 2.20. The summed E-state index contributed by atoms with van der Waals surface area (Å²) in [6.07, 6.45) is 3.22. The van der Waals surface area contributed by atoms with Gasteiger partial charge in [0, 0.05) is 11.6 Å². The Labute approximate surface area is 119 Å². The molecule has 0 radical (unpaired) electrons. The molecule has 1 aromatic carbocycles. The number of benzene rings is 1. The van der Waals surface area contributed by atoms with E-state index in [-0.39, 0.29) is 11.7 Å². The van der Waals surface area contributed by atoms with E-state index < -0.39 is 0 Å². The first-order valence-electron chi connectivity index (χ1n) is 5.96. The lowest BCUT2D eigenvalue weighted by molar-refractivity contribution is 0.0940. The molecular weight excluding hydrogens is 274 g/mol. The first kappa shape index (κ1) is 12.5. The second-order valence-electron chi connectivity index (χ2n) is 3.96. The molecule has 0 atom stereocenters. The Hall–Kier alpha value is -2.54. The minimum absolute atomic E-state index is 0.144. The first-order chi connectivity index (χ1) is 9.83. The van der Waals surface area contributed by atoms with Gasteiger partial charge in [-0.1, -0.05) is 18.2 Å². The topological polar surface area (TPSA) is 72.7 Å². The van der Waals surface area contributed by atoms with Crippen LogP contribution in [-0.4, -0.2) is 25.7 Å². The summed E-state index contributed by atoms with van der Waals surface area (Å²) in [5.41, 5.74) is 0.860. The summed E-state index contributed by atoms with van der Waals surface area (Å²) in [6.45, 7) is 0.385. The second-order valence-corrected chi connectivity index (χ2v) is 4.94. The van der Waals surface area contributed by atoms with Crippen molar-refractivity contribution in [3.05, 3.63) is 59.1 Å². The molecule has 100 valence electrons. The van der Waals surface area contributed by atoms with Crippen LogP contribution in [0, 0.1) is 0 Å². The van der Waals surface area contributed by atoms with Gasteiger partial charge in [0.05, 0.1) is 12.2 Å². The van der Waals surface area contributed by atoms with Gasteiger partial charge in [-0.05, 0) is 12.1 Å². The molecule has 2 aromatic heterocycles. The first-order valence-corrected chi connectivity index (χ1v) is 6.84. The standard InChI is InChI=1S/C13H11N5OS/c19-13(15-8-11-14-6-7-20-11)12-16-9-18(17-12)10-4-2-1-3-5-10/h1-7,9H,8H2,(H,15,19). The van der Waals surface area contributed by atoms with Crippen molar-refractivity contribution in [2.45, 2.75) is 6.54 Å². The minimum atomic E-state index is -0.310. The molecule has 1 N–H and O–H groups in total. The molecule has 0 fully saturated rings. The summed E-state index contributed by atoms with van der Waals surface area (Å²) in [5.74, 6) is -0.166. The van der Waals surface area contributed by atoms with Crippen LogP contribution in [-0.2, 0) is 6.54 Å². The van der Waals surface area contributed by atoms with Crippen LogP contribution < -0.4 is 5.32 Å². The van der Waals surface area contributed by atoms with E-state index in [1.807, 2.05) is 35.7 Å². The zero-order valence-electron chi connectivity index (χ0n) is 10.4. The Bertz CT molecular complexity index is 693. The van der Waals surface area contributed by atoms with E-state index in [0.717, 1.165) is 10.7 Å². The fourth-order valence-electron chi connectivity index (χ4n) is 1.65. The maximum atomic E-state index is 11.9. The number of amides is 1. The van der Waals surface area contributed by atoms with Gasteiger partial charge in [0.1, 0.15) is 11.3 Å². The number of carbonyl (C=O) groups is 1. The van der Waals surface area contributed by atoms with E-state index in [1.54, 1.807) is 10.9 Å². The lowest BCUT2D eigenvalue weighted by atomic mass is 10.3. The molecular formula is C13H11N5OS. The van der Waals surface area contributed by atoms with Crippen LogP contribution in [0.1, 0.15) is 15.6 Å². The van der Waals surface area contributed by atoms with E-state index >= 15 is 0 Å². The average Bonchev–Trinajstić information content (AvgIpc) is 3.17. The van der Waals surface area contributed by atoms with Gasteiger partial charge in [-0.2, -0.15) is 0 Å². The SMILES string of the molecule is O=C(NCc1nccs1)c1ncn(-c2ccccc2)n1. The number of carbonyl (C=O) groups excluding carboxylic acids is 1. The maximum Gasteiger partial charge on any atom is 0.291 e. The Morgan fingerprint density at radius 1 is 1.25 bits per heavy atom. The molecule has 0 unspecified atom stereocenters. The smallest absolute Gasteiger partial charge is 0.291 e.